The fourth-order valence-electron chi connectivity index (χ4n) is 2.12. The lowest BCUT2D eigenvalue weighted by atomic mass is 10.0. The van der Waals surface area contributed by atoms with Gasteiger partial charge in [-0.15, -0.1) is 0 Å². The highest BCUT2D eigenvalue weighted by molar-refractivity contribution is 5.97. The van der Waals surface area contributed by atoms with Crippen LogP contribution in [0.4, 0.5) is 4.39 Å². The Bertz CT molecular complexity index is 709. The highest BCUT2D eigenvalue weighted by Crippen LogP contribution is 2.12. The number of aromatic nitrogens is 1. The third-order valence-electron chi connectivity index (χ3n) is 3.25. The molecule has 0 aliphatic rings. The molecule has 0 spiro atoms. The Morgan fingerprint density at radius 3 is 2.33 bits per heavy atom. The van der Waals surface area contributed by atoms with Crippen molar-refractivity contribution in [3.05, 3.63) is 69.9 Å². The standard InChI is InChI=1S/C17H18FNO2/c1-17(2,3)19-10-4-5-14(16(19)21)15(20)11-12-6-8-13(18)9-7-12/h4-10H,11H2,1-3H3. The number of carbonyl (C=O) groups excluding carboxylic acids is 1. The van der Waals surface area contributed by atoms with E-state index in [1.54, 1.807) is 29.0 Å². The van der Waals surface area contributed by atoms with Crippen LogP contribution in [0.5, 0.6) is 0 Å². The van der Waals surface area contributed by atoms with Crippen molar-refractivity contribution in [3.63, 3.8) is 0 Å². The van der Waals surface area contributed by atoms with Crippen molar-refractivity contribution >= 4 is 5.78 Å². The Kier molecular flexibility index (Phi) is 4.07. The van der Waals surface area contributed by atoms with Crippen LogP contribution in [0.15, 0.2) is 47.4 Å². The summed E-state index contributed by atoms with van der Waals surface area (Å²) in [6.07, 6.45) is 1.76. The van der Waals surface area contributed by atoms with Gasteiger partial charge in [-0.25, -0.2) is 4.39 Å². The van der Waals surface area contributed by atoms with Gasteiger partial charge in [-0.05, 0) is 50.6 Å². The van der Waals surface area contributed by atoms with Gasteiger partial charge in [0.25, 0.3) is 5.56 Å². The first-order valence-electron chi connectivity index (χ1n) is 6.79. The number of hydrogen-bond donors (Lipinski definition) is 0. The number of carbonyl (C=O) groups is 1. The summed E-state index contributed by atoms with van der Waals surface area (Å²) in [4.78, 5) is 24.7. The molecule has 0 radical (unpaired) electrons. The van der Waals surface area contributed by atoms with Crippen LogP contribution >= 0.6 is 0 Å². The van der Waals surface area contributed by atoms with Crippen molar-refractivity contribution in [2.45, 2.75) is 32.7 Å². The fraction of sp³-hybridized carbons (Fsp3) is 0.294. The van der Waals surface area contributed by atoms with Crippen LogP contribution in [0, 0.1) is 5.82 Å². The predicted molar refractivity (Wildman–Crippen MR) is 80.1 cm³/mol. The van der Waals surface area contributed by atoms with Gasteiger partial charge in [0.1, 0.15) is 5.82 Å². The number of ketones is 1. The second kappa shape index (κ2) is 5.64. The molecule has 0 aliphatic carbocycles. The van der Waals surface area contributed by atoms with E-state index in [4.69, 9.17) is 0 Å². The van der Waals surface area contributed by atoms with Gasteiger partial charge in [-0.3, -0.25) is 9.59 Å². The van der Waals surface area contributed by atoms with Gasteiger partial charge < -0.3 is 4.57 Å². The molecule has 0 saturated heterocycles. The van der Waals surface area contributed by atoms with Gasteiger partial charge >= 0.3 is 0 Å². The maximum absolute atomic E-state index is 12.9. The van der Waals surface area contributed by atoms with Gasteiger partial charge in [-0.2, -0.15) is 0 Å². The summed E-state index contributed by atoms with van der Waals surface area (Å²) in [7, 11) is 0. The molecule has 0 bridgehead atoms. The van der Waals surface area contributed by atoms with Crippen LogP contribution in [-0.4, -0.2) is 10.4 Å². The second-order valence-corrected chi connectivity index (χ2v) is 5.99. The van der Waals surface area contributed by atoms with Crippen molar-refractivity contribution in [1.82, 2.24) is 4.57 Å². The number of benzene rings is 1. The van der Waals surface area contributed by atoms with E-state index in [0.29, 0.717) is 5.56 Å². The maximum Gasteiger partial charge on any atom is 0.261 e. The summed E-state index contributed by atoms with van der Waals surface area (Å²) < 4.78 is 14.4. The van der Waals surface area contributed by atoms with E-state index in [-0.39, 0.29) is 34.7 Å². The Labute approximate surface area is 123 Å². The normalized spacial score (nSPS) is 11.4. The number of rotatable bonds is 3. The predicted octanol–water partition coefficient (Wildman–Crippen LogP) is 3.17. The fourth-order valence-corrected chi connectivity index (χ4v) is 2.12. The van der Waals surface area contributed by atoms with E-state index >= 15 is 0 Å². The molecular formula is C17H18FNO2. The van der Waals surface area contributed by atoms with Crippen LogP contribution in [0.2, 0.25) is 0 Å². The molecule has 4 heteroatoms. The van der Waals surface area contributed by atoms with Crippen LogP contribution in [0.1, 0.15) is 36.7 Å². The molecule has 0 saturated carbocycles. The van der Waals surface area contributed by atoms with E-state index in [0.717, 1.165) is 0 Å². The molecule has 1 aromatic heterocycles. The minimum atomic E-state index is -0.386. The maximum atomic E-state index is 12.9. The monoisotopic (exact) mass is 287 g/mol. The summed E-state index contributed by atoms with van der Waals surface area (Å²) in [6.45, 7) is 5.72. The minimum absolute atomic E-state index is 0.0870. The number of Topliss-reactive ketones (excluding diaryl/α,β-unsaturated/α-hetero) is 1. The Hall–Kier alpha value is -2.23. The Balaban J connectivity index is 2.32. The smallest absolute Gasteiger partial charge is 0.261 e. The molecular weight excluding hydrogens is 269 g/mol. The van der Waals surface area contributed by atoms with Gasteiger partial charge in [0.15, 0.2) is 5.78 Å². The highest BCUT2D eigenvalue weighted by Gasteiger charge is 2.19. The van der Waals surface area contributed by atoms with Crippen LogP contribution < -0.4 is 5.56 Å². The lowest BCUT2D eigenvalue weighted by Gasteiger charge is -2.22. The molecule has 0 atom stereocenters. The van der Waals surface area contributed by atoms with E-state index in [2.05, 4.69) is 0 Å². The molecule has 2 rings (SSSR count). The molecule has 0 amide bonds. The van der Waals surface area contributed by atoms with Gasteiger partial charge in [-0.1, -0.05) is 12.1 Å². The number of pyridine rings is 1. The van der Waals surface area contributed by atoms with Crippen molar-refractivity contribution < 1.29 is 9.18 Å². The van der Waals surface area contributed by atoms with Crippen molar-refractivity contribution in [3.8, 4) is 0 Å². The van der Waals surface area contributed by atoms with E-state index < -0.39 is 0 Å². The summed E-state index contributed by atoms with van der Waals surface area (Å²) in [5, 5.41) is 0. The molecule has 2 aromatic rings. The molecule has 0 unspecified atom stereocenters. The number of halogens is 1. The third kappa shape index (κ3) is 3.45. The lowest BCUT2D eigenvalue weighted by molar-refractivity contribution is 0.0990. The van der Waals surface area contributed by atoms with Crippen LogP contribution in [0.3, 0.4) is 0 Å². The summed E-state index contributed by atoms with van der Waals surface area (Å²) in [5.41, 5.74) is 0.171. The van der Waals surface area contributed by atoms with Gasteiger partial charge in [0, 0.05) is 18.2 Å². The van der Waals surface area contributed by atoms with Crippen molar-refractivity contribution in [2.75, 3.05) is 0 Å². The first kappa shape index (κ1) is 15.2. The quantitative estimate of drug-likeness (QED) is 0.813. The van der Waals surface area contributed by atoms with Crippen molar-refractivity contribution in [1.29, 1.82) is 0 Å². The third-order valence-corrected chi connectivity index (χ3v) is 3.25. The Morgan fingerprint density at radius 1 is 1.14 bits per heavy atom. The van der Waals surface area contributed by atoms with Crippen LogP contribution in [-0.2, 0) is 12.0 Å². The zero-order valence-corrected chi connectivity index (χ0v) is 12.4. The van der Waals surface area contributed by atoms with Crippen molar-refractivity contribution in [2.24, 2.45) is 0 Å². The van der Waals surface area contributed by atoms with Gasteiger partial charge in [0.05, 0.1) is 5.56 Å². The largest absolute Gasteiger partial charge is 0.310 e. The number of hydrogen-bond acceptors (Lipinski definition) is 2. The topological polar surface area (TPSA) is 39.1 Å². The molecule has 0 fully saturated rings. The second-order valence-electron chi connectivity index (χ2n) is 5.99. The highest BCUT2D eigenvalue weighted by atomic mass is 19.1. The average Bonchev–Trinajstić information content (AvgIpc) is 2.40. The van der Waals surface area contributed by atoms with E-state index in [9.17, 15) is 14.0 Å². The number of nitrogens with zero attached hydrogens (tertiary/aromatic N) is 1. The molecule has 1 aromatic carbocycles. The molecule has 0 aliphatic heterocycles. The molecule has 3 nitrogen and oxygen atoms in total. The molecule has 1 heterocycles. The Morgan fingerprint density at radius 2 is 1.76 bits per heavy atom. The molecule has 0 N–H and O–H groups in total. The molecule has 110 valence electrons. The zero-order chi connectivity index (χ0) is 15.6. The first-order chi connectivity index (χ1) is 9.79. The molecule has 21 heavy (non-hydrogen) atoms. The average molecular weight is 287 g/mol. The summed E-state index contributed by atoms with van der Waals surface area (Å²) in [5.74, 6) is -0.605. The first-order valence-corrected chi connectivity index (χ1v) is 6.79. The van der Waals surface area contributed by atoms with E-state index in [1.807, 2.05) is 20.8 Å². The minimum Gasteiger partial charge on any atom is -0.310 e. The van der Waals surface area contributed by atoms with Crippen LogP contribution in [0.25, 0.3) is 0 Å². The SMILES string of the molecule is CC(C)(C)n1cccc(C(=O)Cc2ccc(F)cc2)c1=O. The van der Waals surface area contributed by atoms with Gasteiger partial charge in [0.2, 0.25) is 0 Å². The summed E-state index contributed by atoms with van der Waals surface area (Å²) in [6, 6.07) is 8.96. The lowest BCUT2D eigenvalue weighted by Crippen LogP contribution is -2.36. The van der Waals surface area contributed by atoms with E-state index in [1.165, 1.54) is 18.2 Å². The zero-order valence-electron chi connectivity index (χ0n) is 12.4. The summed E-state index contributed by atoms with van der Waals surface area (Å²) >= 11 is 0.